The van der Waals surface area contributed by atoms with E-state index in [0.29, 0.717) is 18.1 Å². The molecule has 0 amide bonds. The number of nitrogens with zero attached hydrogens (tertiary/aromatic N) is 1. The SMILES string of the molecule is O=S(=O)(C=Cc1ccc(Cl)cc1)N1CCCCC1. The largest absolute Gasteiger partial charge is 0.236 e. The molecule has 0 saturated carbocycles. The van der Waals surface area contributed by atoms with Gasteiger partial charge in [-0.05, 0) is 36.6 Å². The third kappa shape index (κ3) is 3.57. The lowest BCUT2D eigenvalue weighted by Gasteiger charge is -2.24. The highest BCUT2D eigenvalue weighted by Gasteiger charge is 2.20. The van der Waals surface area contributed by atoms with Crippen molar-refractivity contribution in [3.8, 4) is 0 Å². The molecule has 0 aromatic heterocycles. The first kappa shape index (κ1) is 13.6. The van der Waals surface area contributed by atoms with Crippen LogP contribution < -0.4 is 0 Å². The van der Waals surface area contributed by atoms with Crippen molar-refractivity contribution >= 4 is 27.7 Å². The molecule has 18 heavy (non-hydrogen) atoms. The number of rotatable bonds is 3. The van der Waals surface area contributed by atoms with Crippen LogP contribution in [0.15, 0.2) is 29.7 Å². The summed E-state index contributed by atoms with van der Waals surface area (Å²) in [5, 5.41) is 1.92. The molecule has 1 saturated heterocycles. The first-order valence-corrected chi connectivity index (χ1v) is 7.90. The van der Waals surface area contributed by atoms with Crippen molar-refractivity contribution in [2.75, 3.05) is 13.1 Å². The van der Waals surface area contributed by atoms with E-state index in [2.05, 4.69) is 0 Å². The summed E-state index contributed by atoms with van der Waals surface area (Å²) in [6.45, 7) is 1.26. The van der Waals surface area contributed by atoms with Gasteiger partial charge in [-0.3, -0.25) is 0 Å². The summed E-state index contributed by atoms with van der Waals surface area (Å²) in [4.78, 5) is 0. The fourth-order valence-electron chi connectivity index (χ4n) is 1.94. The summed E-state index contributed by atoms with van der Waals surface area (Å²) in [6, 6.07) is 7.08. The lowest BCUT2D eigenvalue weighted by molar-refractivity contribution is 0.350. The number of halogens is 1. The molecule has 3 nitrogen and oxygen atoms in total. The van der Waals surface area contributed by atoms with Gasteiger partial charge in [0, 0.05) is 23.5 Å². The number of hydrogen-bond acceptors (Lipinski definition) is 2. The molecule has 1 aromatic carbocycles. The first-order valence-electron chi connectivity index (χ1n) is 6.02. The molecular formula is C13H16ClNO2S. The predicted octanol–water partition coefficient (Wildman–Crippen LogP) is 3.13. The van der Waals surface area contributed by atoms with Crippen LogP contribution in [-0.4, -0.2) is 25.8 Å². The molecule has 1 aromatic rings. The maximum absolute atomic E-state index is 12.0. The third-order valence-corrected chi connectivity index (χ3v) is 4.79. The minimum Gasteiger partial charge on any atom is -0.208 e. The minimum atomic E-state index is -3.27. The summed E-state index contributed by atoms with van der Waals surface area (Å²) < 4.78 is 25.6. The van der Waals surface area contributed by atoms with Crippen LogP contribution in [0.1, 0.15) is 24.8 Å². The van der Waals surface area contributed by atoms with Gasteiger partial charge in [0.25, 0.3) is 0 Å². The van der Waals surface area contributed by atoms with Crippen LogP contribution in [0, 0.1) is 0 Å². The normalized spacial score (nSPS) is 18.3. The van der Waals surface area contributed by atoms with Gasteiger partial charge in [0.05, 0.1) is 0 Å². The lowest BCUT2D eigenvalue weighted by Crippen LogP contribution is -2.34. The molecule has 2 rings (SSSR count). The second kappa shape index (κ2) is 5.87. The summed E-state index contributed by atoms with van der Waals surface area (Å²) in [6.07, 6.45) is 4.63. The fraction of sp³-hybridized carbons (Fsp3) is 0.385. The van der Waals surface area contributed by atoms with Crippen molar-refractivity contribution in [2.45, 2.75) is 19.3 Å². The maximum Gasteiger partial charge on any atom is 0.236 e. The molecule has 0 radical (unpaired) electrons. The molecule has 0 spiro atoms. The molecule has 0 aliphatic carbocycles. The van der Waals surface area contributed by atoms with E-state index < -0.39 is 10.0 Å². The monoisotopic (exact) mass is 285 g/mol. The van der Waals surface area contributed by atoms with Crippen molar-refractivity contribution in [3.63, 3.8) is 0 Å². The molecule has 0 bridgehead atoms. The molecular weight excluding hydrogens is 270 g/mol. The van der Waals surface area contributed by atoms with Crippen LogP contribution in [-0.2, 0) is 10.0 Å². The number of sulfonamides is 1. The summed E-state index contributed by atoms with van der Waals surface area (Å²) >= 11 is 5.77. The number of piperidine rings is 1. The van der Waals surface area contributed by atoms with E-state index in [1.54, 1.807) is 34.6 Å². The Labute approximate surface area is 113 Å². The van der Waals surface area contributed by atoms with Crippen LogP contribution >= 0.6 is 11.6 Å². The van der Waals surface area contributed by atoms with E-state index in [4.69, 9.17) is 11.6 Å². The summed E-state index contributed by atoms with van der Waals surface area (Å²) in [5.74, 6) is 0. The van der Waals surface area contributed by atoms with Crippen molar-refractivity contribution in [1.82, 2.24) is 4.31 Å². The molecule has 1 fully saturated rings. The van der Waals surface area contributed by atoms with E-state index in [1.165, 1.54) is 5.41 Å². The molecule has 0 N–H and O–H groups in total. The Hall–Kier alpha value is -0.840. The van der Waals surface area contributed by atoms with E-state index in [9.17, 15) is 8.42 Å². The second-order valence-corrected chi connectivity index (χ2v) is 6.61. The van der Waals surface area contributed by atoms with E-state index in [1.807, 2.05) is 0 Å². The Bertz CT molecular complexity index is 516. The Morgan fingerprint density at radius 1 is 1.06 bits per heavy atom. The molecule has 1 heterocycles. The highest BCUT2D eigenvalue weighted by Crippen LogP contribution is 2.16. The molecule has 1 aliphatic rings. The van der Waals surface area contributed by atoms with Gasteiger partial charge in [0.1, 0.15) is 0 Å². The standard InChI is InChI=1S/C13H16ClNO2S/c14-13-6-4-12(5-7-13)8-11-18(16,17)15-9-2-1-3-10-15/h4-8,11H,1-3,9-10H2. The smallest absolute Gasteiger partial charge is 0.208 e. The van der Waals surface area contributed by atoms with Gasteiger partial charge in [0.15, 0.2) is 0 Å². The van der Waals surface area contributed by atoms with E-state index >= 15 is 0 Å². The molecule has 0 atom stereocenters. The van der Waals surface area contributed by atoms with E-state index in [-0.39, 0.29) is 0 Å². The van der Waals surface area contributed by atoms with Gasteiger partial charge in [-0.2, -0.15) is 4.31 Å². The first-order chi connectivity index (χ1) is 8.58. The van der Waals surface area contributed by atoms with Crippen LogP contribution in [0.4, 0.5) is 0 Å². The highest BCUT2D eigenvalue weighted by molar-refractivity contribution is 7.92. The molecule has 5 heteroatoms. The van der Waals surface area contributed by atoms with Crippen molar-refractivity contribution in [1.29, 1.82) is 0 Å². The van der Waals surface area contributed by atoms with Crippen LogP contribution in [0.3, 0.4) is 0 Å². The van der Waals surface area contributed by atoms with Gasteiger partial charge in [-0.25, -0.2) is 8.42 Å². The topological polar surface area (TPSA) is 37.4 Å². The molecule has 98 valence electrons. The zero-order valence-electron chi connectivity index (χ0n) is 10.0. The van der Waals surface area contributed by atoms with Crippen molar-refractivity contribution < 1.29 is 8.42 Å². The average molecular weight is 286 g/mol. The van der Waals surface area contributed by atoms with Crippen LogP contribution in [0.2, 0.25) is 5.02 Å². The van der Waals surface area contributed by atoms with Crippen molar-refractivity contribution in [3.05, 3.63) is 40.3 Å². The second-order valence-electron chi connectivity index (χ2n) is 4.36. The van der Waals surface area contributed by atoms with Gasteiger partial charge < -0.3 is 0 Å². The van der Waals surface area contributed by atoms with Gasteiger partial charge in [0.2, 0.25) is 10.0 Å². The summed E-state index contributed by atoms with van der Waals surface area (Å²) in [7, 11) is -3.27. The average Bonchev–Trinajstić information content (AvgIpc) is 2.39. The third-order valence-electron chi connectivity index (χ3n) is 2.98. The zero-order chi connectivity index (χ0) is 13.0. The Morgan fingerprint density at radius 2 is 1.67 bits per heavy atom. The number of benzene rings is 1. The van der Waals surface area contributed by atoms with Crippen molar-refractivity contribution in [2.24, 2.45) is 0 Å². The Balaban J connectivity index is 2.09. The quantitative estimate of drug-likeness (QED) is 0.856. The van der Waals surface area contributed by atoms with E-state index in [0.717, 1.165) is 24.8 Å². The lowest BCUT2D eigenvalue weighted by atomic mass is 10.2. The van der Waals surface area contributed by atoms with Gasteiger partial charge in [-0.15, -0.1) is 0 Å². The fourth-order valence-corrected chi connectivity index (χ4v) is 3.34. The minimum absolute atomic E-state index is 0.632. The van der Waals surface area contributed by atoms with Crippen LogP contribution in [0.5, 0.6) is 0 Å². The number of hydrogen-bond donors (Lipinski definition) is 0. The van der Waals surface area contributed by atoms with Gasteiger partial charge >= 0.3 is 0 Å². The Kier molecular flexibility index (Phi) is 4.43. The molecule has 1 aliphatic heterocycles. The maximum atomic E-state index is 12.0. The Morgan fingerprint density at radius 3 is 2.28 bits per heavy atom. The molecule has 0 unspecified atom stereocenters. The summed E-state index contributed by atoms with van der Waals surface area (Å²) in [5.41, 5.74) is 0.833. The van der Waals surface area contributed by atoms with Gasteiger partial charge in [-0.1, -0.05) is 30.2 Å². The zero-order valence-corrected chi connectivity index (χ0v) is 11.6. The highest BCUT2D eigenvalue weighted by atomic mass is 35.5. The predicted molar refractivity (Wildman–Crippen MR) is 74.8 cm³/mol. The van der Waals surface area contributed by atoms with Crippen LogP contribution in [0.25, 0.3) is 6.08 Å².